The van der Waals surface area contributed by atoms with Gasteiger partial charge in [0.1, 0.15) is 5.56 Å². The molecule has 1 saturated heterocycles. The van der Waals surface area contributed by atoms with Gasteiger partial charge in [-0.15, -0.1) is 0 Å². The van der Waals surface area contributed by atoms with Crippen LogP contribution in [0.3, 0.4) is 0 Å². The molecular weight excluding hydrogens is 284 g/mol. The first-order chi connectivity index (χ1) is 9.99. The third-order valence-corrected chi connectivity index (χ3v) is 3.49. The number of nitrogens with zero attached hydrogens (tertiary/aromatic N) is 1. The first kappa shape index (κ1) is 15.3. The number of piperidine rings is 1. The Morgan fingerprint density at radius 2 is 1.95 bits per heavy atom. The number of halogens is 2. The minimum atomic E-state index is -1.35. The Balaban J connectivity index is 2.10. The van der Waals surface area contributed by atoms with E-state index in [0.717, 1.165) is 25.9 Å². The third-order valence-electron chi connectivity index (χ3n) is 3.49. The van der Waals surface area contributed by atoms with Crippen molar-refractivity contribution in [2.45, 2.75) is 12.8 Å². The SMILES string of the molecule is O=C(NCC1CCNCC1)c1cc(F)c(F)cc1[N+](=O)[O-]. The number of hydrogen-bond acceptors (Lipinski definition) is 4. The number of rotatable bonds is 4. The van der Waals surface area contributed by atoms with Gasteiger partial charge < -0.3 is 10.6 Å². The lowest BCUT2D eigenvalue weighted by molar-refractivity contribution is -0.385. The van der Waals surface area contributed by atoms with Crippen molar-refractivity contribution in [1.82, 2.24) is 10.6 Å². The second-order valence-corrected chi connectivity index (χ2v) is 4.94. The molecule has 0 unspecified atom stereocenters. The molecule has 1 aliphatic heterocycles. The van der Waals surface area contributed by atoms with Gasteiger partial charge in [-0.3, -0.25) is 14.9 Å². The summed E-state index contributed by atoms with van der Waals surface area (Å²) in [4.78, 5) is 21.9. The van der Waals surface area contributed by atoms with E-state index in [2.05, 4.69) is 10.6 Å². The number of carbonyl (C=O) groups is 1. The maximum atomic E-state index is 13.2. The Kier molecular flexibility index (Phi) is 4.79. The monoisotopic (exact) mass is 299 g/mol. The van der Waals surface area contributed by atoms with E-state index in [0.29, 0.717) is 18.7 Å². The highest BCUT2D eigenvalue weighted by molar-refractivity contribution is 5.98. The van der Waals surface area contributed by atoms with Gasteiger partial charge in [-0.05, 0) is 37.9 Å². The van der Waals surface area contributed by atoms with Gasteiger partial charge >= 0.3 is 0 Å². The highest BCUT2D eigenvalue weighted by Gasteiger charge is 2.24. The quantitative estimate of drug-likeness (QED) is 0.653. The van der Waals surface area contributed by atoms with Gasteiger partial charge in [-0.25, -0.2) is 8.78 Å². The summed E-state index contributed by atoms with van der Waals surface area (Å²) in [5.74, 6) is -3.12. The van der Waals surface area contributed by atoms with E-state index in [-0.39, 0.29) is 5.92 Å². The molecule has 1 aromatic carbocycles. The van der Waals surface area contributed by atoms with E-state index in [1.54, 1.807) is 0 Å². The molecule has 0 bridgehead atoms. The lowest BCUT2D eigenvalue weighted by Gasteiger charge is -2.22. The molecule has 2 rings (SSSR count). The molecule has 21 heavy (non-hydrogen) atoms. The molecule has 0 atom stereocenters. The van der Waals surface area contributed by atoms with E-state index >= 15 is 0 Å². The number of nitro groups is 1. The topological polar surface area (TPSA) is 84.3 Å². The van der Waals surface area contributed by atoms with Crippen molar-refractivity contribution < 1.29 is 18.5 Å². The van der Waals surface area contributed by atoms with Crippen molar-refractivity contribution in [2.24, 2.45) is 5.92 Å². The van der Waals surface area contributed by atoms with Crippen molar-refractivity contribution in [3.05, 3.63) is 39.4 Å². The molecule has 1 fully saturated rings. The van der Waals surface area contributed by atoms with Crippen LogP contribution in [0, 0.1) is 27.7 Å². The van der Waals surface area contributed by atoms with Gasteiger partial charge in [0.15, 0.2) is 11.6 Å². The normalized spacial score (nSPS) is 15.7. The van der Waals surface area contributed by atoms with Crippen molar-refractivity contribution in [2.75, 3.05) is 19.6 Å². The molecule has 1 amide bonds. The van der Waals surface area contributed by atoms with Crippen molar-refractivity contribution in [3.63, 3.8) is 0 Å². The van der Waals surface area contributed by atoms with Gasteiger partial charge in [-0.1, -0.05) is 0 Å². The summed E-state index contributed by atoms with van der Waals surface area (Å²) in [6.07, 6.45) is 1.78. The molecule has 0 radical (unpaired) electrons. The van der Waals surface area contributed by atoms with Crippen LogP contribution in [0.4, 0.5) is 14.5 Å². The predicted octanol–water partition coefficient (Wildman–Crippen LogP) is 1.60. The number of benzene rings is 1. The number of amides is 1. The van der Waals surface area contributed by atoms with E-state index in [1.807, 2.05) is 0 Å². The molecule has 0 saturated carbocycles. The Hall–Kier alpha value is -2.09. The molecule has 6 nitrogen and oxygen atoms in total. The lowest BCUT2D eigenvalue weighted by Crippen LogP contribution is -2.36. The van der Waals surface area contributed by atoms with Crippen LogP contribution >= 0.6 is 0 Å². The fraction of sp³-hybridized carbons (Fsp3) is 0.462. The maximum Gasteiger partial charge on any atom is 0.285 e. The molecule has 1 aromatic rings. The highest BCUT2D eigenvalue weighted by atomic mass is 19.2. The number of hydrogen-bond donors (Lipinski definition) is 2. The Morgan fingerprint density at radius 3 is 2.57 bits per heavy atom. The summed E-state index contributed by atoms with van der Waals surface area (Å²) in [6.45, 7) is 2.06. The molecule has 1 aliphatic rings. The van der Waals surface area contributed by atoms with Crippen molar-refractivity contribution in [1.29, 1.82) is 0 Å². The van der Waals surface area contributed by atoms with Crippen LogP contribution in [0.25, 0.3) is 0 Å². The van der Waals surface area contributed by atoms with Crippen LogP contribution in [0.15, 0.2) is 12.1 Å². The summed E-state index contributed by atoms with van der Waals surface area (Å²) in [5, 5.41) is 16.6. The van der Waals surface area contributed by atoms with Crippen LogP contribution in [0.5, 0.6) is 0 Å². The molecule has 0 spiro atoms. The van der Waals surface area contributed by atoms with Gasteiger partial charge in [0.2, 0.25) is 0 Å². The van der Waals surface area contributed by atoms with Crippen LogP contribution in [0.2, 0.25) is 0 Å². The average molecular weight is 299 g/mol. The number of nitrogens with one attached hydrogen (secondary N) is 2. The molecule has 1 heterocycles. The van der Waals surface area contributed by atoms with E-state index in [4.69, 9.17) is 0 Å². The Bertz CT molecular complexity index is 560. The summed E-state index contributed by atoms with van der Waals surface area (Å²) >= 11 is 0. The largest absolute Gasteiger partial charge is 0.352 e. The molecule has 8 heteroatoms. The van der Waals surface area contributed by atoms with Crippen LogP contribution in [-0.4, -0.2) is 30.5 Å². The summed E-state index contributed by atoms with van der Waals surface area (Å²) < 4.78 is 26.2. The van der Waals surface area contributed by atoms with E-state index < -0.39 is 33.7 Å². The first-order valence-corrected chi connectivity index (χ1v) is 6.61. The standard InChI is InChI=1S/C13H15F2N3O3/c14-10-5-9(12(18(20)21)6-11(10)15)13(19)17-7-8-1-3-16-4-2-8/h5-6,8,16H,1-4,7H2,(H,17,19). The van der Waals surface area contributed by atoms with Gasteiger partial charge in [0.25, 0.3) is 11.6 Å². The van der Waals surface area contributed by atoms with Gasteiger partial charge in [-0.2, -0.15) is 0 Å². The fourth-order valence-electron chi connectivity index (χ4n) is 2.29. The summed E-state index contributed by atoms with van der Waals surface area (Å²) in [6, 6.07) is 0.986. The maximum absolute atomic E-state index is 13.2. The first-order valence-electron chi connectivity index (χ1n) is 6.61. The smallest absolute Gasteiger partial charge is 0.285 e. The Morgan fingerprint density at radius 1 is 1.33 bits per heavy atom. The van der Waals surface area contributed by atoms with E-state index in [9.17, 15) is 23.7 Å². The lowest BCUT2D eigenvalue weighted by atomic mass is 9.98. The van der Waals surface area contributed by atoms with Crippen LogP contribution in [-0.2, 0) is 0 Å². The van der Waals surface area contributed by atoms with Gasteiger partial charge in [0, 0.05) is 6.54 Å². The zero-order valence-corrected chi connectivity index (χ0v) is 11.2. The zero-order chi connectivity index (χ0) is 15.4. The van der Waals surface area contributed by atoms with E-state index in [1.165, 1.54) is 0 Å². The molecule has 2 N–H and O–H groups in total. The fourth-order valence-corrected chi connectivity index (χ4v) is 2.29. The molecular formula is C13H15F2N3O3. The third kappa shape index (κ3) is 3.72. The minimum absolute atomic E-state index is 0.277. The van der Waals surface area contributed by atoms with Crippen molar-refractivity contribution in [3.8, 4) is 0 Å². The number of nitro benzene ring substituents is 1. The summed E-state index contributed by atoms with van der Waals surface area (Å²) in [5.41, 5.74) is -1.20. The molecule has 0 aliphatic carbocycles. The second-order valence-electron chi connectivity index (χ2n) is 4.94. The molecule has 0 aromatic heterocycles. The average Bonchev–Trinajstić information content (AvgIpc) is 2.48. The number of carbonyl (C=O) groups excluding carboxylic acids is 1. The summed E-state index contributed by atoms with van der Waals surface area (Å²) in [7, 11) is 0. The van der Waals surface area contributed by atoms with Crippen molar-refractivity contribution >= 4 is 11.6 Å². The zero-order valence-electron chi connectivity index (χ0n) is 11.2. The van der Waals surface area contributed by atoms with Crippen LogP contribution < -0.4 is 10.6 Å². The second kappa shape index (κ2) is 6.57. The van der Waals surface area contributed by atoms with Gasteiger partial charge in [0.05, 0.1) is 11.0 Å². The molecule has 114 valence electrons. The Labute approximate surface area is 119 Å². The highest BCUT2D eigenvalue weighted by Crippen LogP contribution is 2.22. The predicted molar refractivity (Wildman–Crippen MR) is 70.9 cm³/mol. The minimum Gasteiger partial charge on any atom is -0.352 e. The van der Waals surface area contributed by atoms with Crippen LogP contribution in [0.1, 0.15) is 23.2 Å².